The minimum absolute atomic E-state index is 0.149. The Morgan fingerprint density at radius 1 is 1.07 bits per heavy atom. The second-order valence-corrected chi connectivity index (χ2v) is 8.79. The maximum atomic E-state index is 13.0. The van der Waals surface area contributed by atoms with E-state index < -0.39 is 0 Å². The number of nitrogens with zero attached hydrogens (tertiary/aromatic N) is 2. The summed E-state index contributed by atoms with van der Waals surface area (Å²) in [4.78, 5) is 6.86. The van der Waals surface area contributed by atoms with Crippen molar-refractivity contribution in [2.75, 3.05) is 31.1 Å². The standard InChI is InChI=1S/C25H34FN3O/c26-22-9-7-20(8-10-22)4-1-2-5-21-11-14-29(15-12-21)24-16-25(18-27-17-24)30-19-23-6-3-13-28-23/h7-10,16-18,21,23,28H,1-6,11-15,19H2. The number of halogens is 1. The summed E-state index contributed by atoms with van der Waals surface area (Å²) in [5.74, 6) is 1.54. The number of piperidine rings is 1. The van der Waals surface area contributed by atoms with E-state index in [2.05, 4.69) is 21.3 Å². The van der Waals surface area contributed by atoms with Gasteiger partial charge in [-0.2, -0.15) is 0 Å². The molecule has 3 heterocycles. The Balaban J connectivity index is 1.16. The van der Waals surface area contributed by atoms with Crippen LogP contribution in [-0.2, 0) is 6.42 Å². The number of anilines is 1. The number of ether oxygens (including phenoxy) is 1. The molecule has 4 nitrogen and oxygen atoms in total. The fourth-order valence-electron chi connectivity index (χ4n) is 4.65. The molecule has 162 valence electrons. The van der Waals surface area contributed by atoms with Crippen LogP contribution in [0.1, 0.15) is 50.5 Å². The number of hydrogen-bond acceptors (Lipinski definition) is 4. The summed E-state index contributed by atoms with van der Waals surface area (Å²) in [5.41, 5.74) is 2.42. The number of hydrogen-bond donors (Lipinski definition) is 1. The normalized spacial score (nSPS) is 19.9. The van der Waals surface area contributed by atoms with Crippen molar-refractivity contribution in [3.63, 3.8) is 0 Å². The number of aryl methyl sites for hydroxylation is 1. The van der Waals surface area contributed by atoms with Crippen LogP contribution in [0.15, 0.2) is 42.7 Å². The zero-order valence-corrected chi connectivity index (χ0v) is 17.9. The Labute approximate surface area is 179 Å². The van der Waals surface area contributed by atoms with Crippen molar-refractivity contribution in [1.82, 2.24) is 10.3 Å². The third-order valence-electron chi connectivity index (χ3n) is 6.53. The van der Waals surface area contributed by atoms with Gasteiger partial charge in [0.2, 0.25) is 0 Å². The first-order valence-corrected chi connectivity index (χ1v) is 11.6. The van der Waals surface area contributed by atoms with Crippen molar-refractivity contribution in [3.05, 3.63) is 54.1 Å². The number of pyridine rings is 1. The molecule has 0 saturated carbocycles. The van der Waals surface area contributed by atoms with Crippen LogP contribution >= 0.6 is 0 Å². The summed E-state index contributed by atoms with van der Waals surface area (Å²) in [6.45, 7) is 4.02. The number of rotatable bonds is 9. The van der Waals surface area contributed by atoms with Crippen molar-refractivity contribution in [2.45, 2.75) is 57.4 Å². The predicted molar refractivity (Wildman–Crippen MR) is 120 cm³/mol. The van der Waals surface area contributed by atoms with Gasteiger partial charge in [-0.3, -0.25) is 4.98 Å². The average Bonchev–Trinajstić information content (AvgIpc) is 3.31. The van der Waals surface area contributed by atoms with Crippen LogP contribution in [0, 0.1) is 11.7 Å². The van der Waals surface area contributed by atoms with E-state index in [9.17, 15) is 4.39 Å². The topological polar surface area (TPSA) is 37.4 Å². The van der Waals surface area contributed by atoms with Crippen LogP contribution < -0.4 is 15.0 Å². The lowest BCUT2D eigenvalue weighted by atomic mass is 9.90. The van der Waals surface area contributed by atoms with Gasteiger partial charge >= 0.3 is 0 Å². The molecule has 1 atom stereocenters. The summed E-state index contributed by atoms with van der Waals surface area (Å²) in [5, 5.41) is 3.47. The van der Waals surface area contributed by atoms with Gasteiger partial charge in [0.25, 0.3) is 0 Å². The van der Waals surface area contributed by atoms with Crippen LogP contribution in [0.4, 0.5) is 10.1 Å². The van der Waals surface area contributed by atoms with Crippen LogP contribution in [-0.4, -0.2) is 37.3 Å². The second-order valence-electron chi connectivity index (χ2n) is 8.79. The van der Waals surface area contributed by atoms with E-state index in [-0.39, 0.29) is 5.82 Å². The monoisotopic (exact) mass is 411 g/mol. The van der Waals surface area contributed by atoms with Crippen LogP contribution in [0.2, 0.25) is 0 Å². The summed E-state index contributed by atoms with van der Waals surface area (Å²) in [6.07, 6.45) is 13.5. The smallest absolute Gasteiger partial charge is 0.139 e. The minimum atomic E-state index is -0.149. The first kappa shape index (κ1) is 21.1. The first-order valence-electron chi connectivity index (χ1n) is 11.6. The number of benzene rings is 1. The van der Waals surface area contributed by atoms with Gasteiger partial charge in [-0.1, -0.05) is 25.0 Å². The first-order chi connectivity index (χ1) is 14.8. The van der Waals surface area contributed by atoms with Gasteiger partial charge in [-0.05, 0) is 68.7 Å². The van der Waals surface area contributed by atoms with Crippen molar-refractivity contribution in [1.29, 1.82) is 0 Å². The Kier molecular flexibility index (Phi) is 7.57. The molecule has 1 unspecified atom stereocenters. The van der Waals surface area contributed by atoms with E-state index in [0.29, 0.717) is 6.04 Å². The Hall–Kier alpha value is -2.14. The number of aromatic nitrogens is 1. The van der Waals surface area contributed by atoms with Gasteiger partial charge in [0.15, 0.2) is 0 Å². The summed E-state index contributed by atoms with van der Waals surface area (Å²) < 4.78 is 19.0. The summed E-state index contributed by atoms with van der Waals surface area (Å²) in [6, 6.07) is 9.56. The predicted octanol–water partition coefficient (Wildman–Crippen LogP) is 4.98. The minimum Gasteiger partial charge on any atom is -0.490 e. The zero-order valence-electron chi connectivity index (χ0n) is 17.9. The highest BCUT2D eigenvalue weighted by Gasteiger charge is 2.20. The second kappa shape index (κ2) is 10.8. The molecule has 4 rings (SSSR count). The van der Waals surface area contributed by atoms with E-state index in [1.54, 1.807) is 12.1 Å². The molecule has 0 amide bonds. The molecule has 2 aliphatic heterocycles. The highest BCUT2D eigenvalue weighted by atomic mass is 19.1. The van der Waals surface area contributed by atoms with E-state index in [0.717, 1.165) is 44.3 Å². The molecule has 0 radical (unpaired) electrons. The maximum Gasteiger partial charge on any atom is 0.139 e. The third kappa shape index (κ3) is 6.18. The van der Waals surface area contributed by atoms with Crippen LogP contribution in [0.3, 0.4) is 0 Å². The van der Waals surface area contributed by atoms with Gasteiger partial charge in [0.05, 0.1) is 18.1 Å². The van der Waals surface area contributed by atoms with Crippen molar-refractivity contribution in [2.24, 2.45) is 5.92 Å². The fraction of sp³-hybridized carbons (Fsp3) is 0.560. The fourth-order valence-corrected chi connectivity index (χ4v) is 4.65. The quantitative estimate of drug-likeness (QED) is 0.591. The Bertz CT molecular complexity index is 768. The third-order valence-corrected chi connectivity index (χ3v) is 6.53. The molecular formula is C25H34FN3O. The van der Waals surface area contributed by atoms with Crippen molar-refractivity contribution < 1.29 is 9.13 Å². The number of unbranched alkanes of at least 4 members (excludes halogenated alkanes) is 1. The van der Waals surface area contributed by atoms with Crippen molar-refractivity contribution >= 4 is 5.69 Å². The molecule has 5 heteroatoms. The maximum absolute atomic E-state index is 13.0. The van der Waals surface area contributed by atoms with Crippen LogP contribution in [0.25, 0.3) is 0 Å². The van der Waals surface area contributed by atoms with E-state index >= 15 is 0 Å². The summed E-state index contributed by atoms with van der Waals surface area (Å²) >= 11 is 0. The van der Waals surface area contributed by atoms with Crippen molar-refractivity contribution in [3.8, 4) is 5.75 Å². The lowest BCUT2D eigenvalue weighted by molar-refractivity contribution is 0.276. The highest BCUT2D eigenvalue weighted by Crippen LogP contribution is 2.28. The molecule has 1 aromatic heterocycles. The van der Waals surface area contributed by atoms with Gasteiger partial charge in [0, 0.05) is 25.2 Å². The molecule has 0 bridgehead atoms. The molecule has 2 aromatic rings. The Morgan fingerprint density at radius 3 is 2.67 bits per heavy atom. The largest absolute Gasteiger partial charge is 0.490 e. The van der Waals surface area contributed by atoms with Gasteiger partial charge < -0.3 is 15.0 Å². The zero-order chi connectivity index (χ0) is 20.6. The number of nitrogens with one attached hydrogen (secondary N) is 1. The molecule has 2 saturated heterocycles. The molecule has 30 heavy (non-hydrogen) atoms. The lowest BCUT2D eigenvalue weighted by Crippen LogP contribution is -2.33. The molecule has 2 aliphatic rings. The molecule has 0 spiro atoms. The molecule has 0 aliphatic carbocycles. The lowest BCUT2D eigenvalue weighted by Gasteiger charge is -2.33. The van der Waals surface area contributed by atoms with Gasteiger partial charge in [-0.25, -0.2) is 4.39 Å². The van der Waals surface area contributed by atoms with E-state index in [1.165, 1.54) is 56.2 Å². The molecule has 1 N–H and O–H groups in total. The average molecular weight is 412 g/mol. The van der Waals surface area contributed by atoms with E-state index in [4.69, 9.17) is 4.74 Å². The SMILES string of the molecule is Fc1ccc(CCCCC2CCN(c3cncc(OCC4CCCN4)c3)CC2)cc1. The van der Waals surface area contributed by atoms with Gasteiger partial charge in [-0.15, -0.1) is 0 Å². The van der Waals surface area contributed by atoms with Gasteiger partial charge in [0.1, 0.15) is 18.2 Å². The Morgan fingerprint density at radius 2 is 1.90 bits per heavy atom. The highest BCUT2D eigenvalue weighted by molar-refractivity contribution is 5.48. The van der Waals surface area contributed by atoms with Crippen LogP contribution in [0.5, 0.6) is 5.75 Å². The molecular weight excluding hydrogens is 377 g/mol. The van der Waals surface area contributed by atoms with E-state index in [1.807, 2.05) is 24.5 Å². The molecule has 1 aromatic carbocycles. The molecule has 2 fully saturated rings. The summed E-state index contributed by atoms with van der Waals surface area (Å²) in [7, 11) is 0.